The highest BCUT2D eigenvalue weighted by atomic mass is 32.2. The van der Waals surface area contributed by atoms with Crippen molar-refractivity contribution in [3.63, 3.8) is 0 Å². The van der Waals surface area contributed by atoms with Crippen LogP contribution in [-0.4, -0.2) is 95.5 Å². The Bertz CT molecular complexity index is 2200. The van der Waals surface area contributed by atoms with Gasteiger partial charge < -0.3 is 29.7 Å². The molecule has 1 unspecified atom stereocenters. The van der Waals surface area contributed by atoms with Gasteiger partial charge in [-0.3, -0.25) is 19.1 Å². The van der Waals surface area contributed by atoms with E-state index in [2.05, 4.69) is 20.3 Å². The SMILES string of the molecule is CC.CCC1(S(=O)(=O)NC(=O)[C@@]23C[C@H]2/C=C\CC[C@@H](C)C[C@@H](C)C(NC(=O)OC(C)(C)C(F)(F)F)C(=O)N2C[C@H](Oc4nccc5c6c(ccc45)CCCO6)C[C@H]2C(=O)N3)CC1.[HH].[HH].[HH]. The van der Waals surface area contributed by atoms with Gasteiger partial charge in [-0.05, 0) is 101 Å². The molecule has 348 valence electrons. The zero-order valence-corrected chi connectivity index (χ0v) is 37.3. The van der Waals surface area contributed by atoms with Gasteiger partial charge in [-0.2, -0.15) is 13.2 Å². The van der Waals surface area contributed by atoms with Gasteiger partial charge in [-0.15, -0.1) is 0 Å². The second-order valence-electron chi connectivity index (χ2n) is 17.8. The van der Waals surface area contributed by atoms with Gasteiger partial charge in [-0.1, -0.05) is 52.8 Å². The Hall–Kier alpha value is -4.61. The van der Waals surface area contributed by atoms with Crippen molar-refractivity contribution in [1.29, 1.82) is 0 Å². The molecule has 18 heteroatoms. The number of allylic oxidation sites excluding steroid dienone is 1. The lowest BCUT2D eigenvalue weighted by molar-refractivity contribution is -0.244. The summed E-state index contributed by atoms with van der Waals surface area (Å²) in [4.78, 5) is 62.4. The van der Waals surface area contributed by atoms with Crippen LogP contribution in [-0.2, 0) is 35.6 Å². The molecule has 0 spiro atoms. The third-order valence-electron chi connectivity index (χ3n) is 13.0. The van der Waals surface area contributed by atoms with E-state index in [1.54, 1.807) is 26.1 Å². The smallest absolute Gasteiger partial charge is 0.427 e. The minimum absolute atomic E-state index is 0. The highest BCUT2D eigenvalue weighted by molar-refractivity contribution is 7.91. The predicted octanol–water partition coefficient (Wildman–Crippen LogP) is 7.38. The second-order valence-corrected chi connectivity index (χ2v) is 19.9. The van der Waals surface area contributed by atoms with Crippen molar-refractivity contribution in [2.45, 2.75) is 153 Å². The van der Waals surface area contributed by atoms with Crippen molar-refractivity contribution in [3.05, 3.63) is 42.1 Å². The maximum Gasteiger partial charge on any atom is 0.427 e. The molecule has 62 heavy (non-hydrogen) atoms. The summed E-state index contributed by atoms with van der Waals surface area (Å²) in [5, 5.41) is 6.65. The fourth-order valence-electron chi connectivity index (χ4n) is 8.84. The monoisotopic (exact) mass is 897 g/mol. The number of aromatic nitrogens is 1. The first kappa shape index (κ1) is 46.9. The van der Waals surface area contributed by atoms with Crippen molar-refractivity contribution in [1.82, 2.24) is 25.2 Å². The molecule has 1 saturated heterocycles. The molecule has 4 amide bonds. The molecular weight excluding hydrogens is 832 g/mol. The molecule has 2 aliphatic carbocycles. The van der Waals surface area contributed by atoms with Gasteiger partial charge in [0.2, 0.25) is 33.3 Å². The quantitative estimate of drug-likeness (QED) is 0.226. The average Bonchev–Trinajstić information content (AvgIpc) is 4.13. The molecule has 0 bridgehead atoms. The summed E-state index contributed by atoms with van der Waals surface area (Å²) in [6.45, 7) is 11.1. The van der Waals surface area contributed by atoms with Gasteiger partial charge in [0.25, 0.3) is 5.91 Å². The summed E-state index contributed by atoms with van der Waals surface area (Å²) in [5.41, 5.74) is -3.48. The van der Waals surface area contributed by atoms with E-state index in [-0.39, 0.29) is 35.5 Å². The number of carbonyl (C=O) groups excluding carboxylic acids is 4. The fourth-order valence-corrected chi connectivity index (χ4v) is 10.5. The number of amides is 4. The Morgan fingerprint density at radius 1 is 1.10 bits per heavy atom. The Balaban J connectivity index is 0.00000221. The molecule has 4 heterocycles. The van der Waals surface area contributed by atoms with Crippen LogP contribution >= 0.6 is 0 Å². The molecule has 3 N–H and O–H groups in total. The number of alkyl halides is 3. The standard InChI is InChI=1S/C42H54F3N5O9S.C2H6.3H2/c1-6-40(16-17-40)60(55,56)49-37(53)41-22-27(41)12-8-7-10-24(2)20-25(3)32(47-38(54)59-39(4,5)42(43,44)45)36(52)50-23-28(21-31(50)34(51)48-41)58-35-30-14-13-26-11-9-19-57-33(26)29(30)15-18-46-35;1-2;;;/h8,12-15,18,24-25,27-28,31-32H,6-7,9-11,16-17,19-23H2,1-5H3,(H,47,54)(H,48,51)(H,49,53);1-2H3;3*1H/b12-8-;;;;/t24-,25-,27-,28-,31+,32?,41-;;;;/m1..../s1. The number of rotatable bonds is 8. The number of ether oxygens (including phenoxy) is 3. The lowest BCUT2D eigenvalue weighted by Gasteiger charge is -2.34. The summed E-state index contributed by atoms with van der Waals surface area (Å²) < 4.78 is 86.7. The van der Waals surface area contributed by atoms with E-state index in [4.69, 9.17) is 14.2 Å². The number of nitrogens with one attached hydrogen (secondary N) is 3. The van der Waals surface area contributed by atoms with Crippen molar-refractivity contribution >= 4 is 44.6 Å². The van der Waals surface area contributed by atoms with E-state index in [0.717, 1.165) is 29.5 Å². The van der Waals surface area contributed by atoms with Crippen LogP contribution in [0.5, 0.6) is 11.6 Å². The van der Waals surface area contributed by atoms with E-state index in [1.165, 1.54) is 4.90 Å². The Morgan fingerprint density at radius 3 is 2.50 bits per heavy atom. The predicted molar refractivity (Wildman–Crippen MR) is 231 cm³/mol. The molecule has 7 atom stereocenters. The third-order valence-corrected chi connectivity index (χ3v) is 15.3. The number of alkyl carbamates (subject to hydrolysis) is 1. The van der Waals surface area contributed by atoms with Crippen molar-refractivity contribution in [2.24, 2.45) is 17.8 Å². The molecule has 14 nitrogen and oxygen atoms in total. The molecule has 3 aliphatic heterocycles. The van der Waals surface area contributed by atoms with Crippen LogP contribution < -0.4 is 24.8 Å². The minimum atomic E-state index is -4.91. The Morgan fingerprint density at radius 2 is 1.82 bits per heavy atom. The number of fused-ring (bicyclic) bond motifs is 5. The van der Waals surface area contributed by atoms with E-state index in [0.29, 0.717) is 64.4 Å². The van der Waals surface area contributed by atoms with Gasteiger partial charge in [0.15, 0.2) is 0 Å². The maximum atomic E-state index is 14.8. The first-order valence-corrected chi connectivity index (χ1v) is 23.3. The van der Waals surface area contributed by atoms with E-state index < -0.39 is 85.9 Å². The number of hydrogen-bond donors (Lipinski definition) is 3. The number of hydrogen-bond acceptors (Lipinski definition) is 10. The normalized spacial score (nSPS) is 29.0. The van der Waals surface area contributed by atoms with E-state index in [9.17, 15) is 40.8 Å². The van der Waals surface area contributed by atoms with Crippen LogP contribution in [0.15, 0.2) is 36.5 Å². The van der Waals surface area contributed by atoms with Crippen LogP contribution in [0.3, 0.4) is 0 Å². The molecule has 0 radical (unpaired) electrons. The zero-order chi connectivity index (χ0) is 45.4. The number of aryl methyl sites for hydroxylation is 1. The molecule has 5 aliphatic rings. The van der Waals surface area contributed by atoms with E-state index in [1.807, 2.05) is 45.0 Å². The number of carbonyl (C=O) groups is 4. The number of pyridine rings is 1. The number of halogens is 3. The van der Waals surface area contributed by atoms with Gasteiger partial charge in [-0.25, -0.2) is 18.2 Å². The molecular formula is C44H66F3N5O9S. The average molecular weight is 898 g/mol. The minimum Gasteiger partial charge on any atom is -0.493 e. The van der Waals surface area contributed by atoms with Crippen molar-refractivity contribution < 1.29 is 59.3 Å². The summed E-state index contributed by atoms with van der Waals surface area (Å²) in [5.74, 6) is -2.68. The molecule has 3 fully saturated rings. The summed E-state index contributed by atoms with van der Waals surface area (Å²) in [6, 6.07) is 2.88. The summed E-state index contributed by atoms with van der Waals surface area (Å²) >= 11 is 0. The van der Waals surface area contributed by atoms with Crippen LogP contribution in [0.1, 0.15) is 116 Å². The van der Waals surface area contributed by atoms with Crippen LogP contribution in [0.25, 0.3) is 10.8 Å². The van der Waals surface area contributed by atoms with Crippen molar-refractivity contribution in [2.75, 3.05) is 13.2 Å². The molecule has 1 aromatic heterocycles. The topological polar surface area (TPSA) is 182 Å². The van der Waals surface area contributed by atoms with Gasteiger partial charge in [0.05, 0.1) is 17.9 Å². The van der Waals surface area contributed by atoms with Gasteiger partial charge >= 0.3 is 12.3 Å². The lowest BCUT2D eigenvalue weighted by atomic mass is 9.88. The Labute approximate surface area is 366 Å². The molecule has 7 rings (SSSR count). The van der Waals surface area contributed by atoms with Crippen LogP contribution in [0, 0.1) is 17.8 Å². The lowest BCUT2D eigenvalue weighted by Crippen LogP contribution is -2.60. The first-order valence-electron chi connectivity index (χ1n) is 21.8. The van der Waals surface area contributed by atoms with Crippen molar-refractivity contribution in [3.8, 4) is 11.6 Å². The fraction of sp³-hybridized carbons (Fsp3) is 0.659. The molecule has 1 aromatic carbocycles. The van der Waals surface area contributed by atoms with E-state index >= 15 is 0 Å². The highest BCUT2D eigenvalue weighted by Crippen LogP contribution is 2.49. The van der Waals surface area contributed by atoms with Gasteiger partial charge in [0.1, 0.15) is 29.5 Å². The number of sulfonamides is 1. The summed E-state index contributed by atoms with van der Waals surface area (Å²) in [6.07, 6.45) is 2.40. The van der Waals surface area contributed by atoms with Gasteiger partial charge in [0, 0.05) is 33.6 Å². The third kappa shape index (κ3) is 9.35. The molecule has 2 aromatic rings. The Kier molecular flexibility index (Phi) is 13.5. The number of benzene rings is 1. The summed E-state index contributed by atoms with van der Waals surface area (Å²) in [7, 11) is -4.09. The van der Waals surface area contributed by atoms with Crippen LogP contribution in [0.2, 0.25) is 0 Å². The highest BCUT2D eigenvalue weighted by Gasteiger charge is 2.63. The largest absolute Gasteiger partial charge is 0.493 e. The number of nitrogens with zero attached hydrogens (tertiary/aromatic N) is 2. The zero-order valence-electron chi connectivity index (χ0n) is 36.5. The second kappa shape index (κ2) is 17.9. The first-order chi connectivity index (χ1) is 29.2. The maximum absolute atomic E-state index is 14.8. The van der Waals surface area contributed by atoms with Crippen LogP contribution in [0.4, 0.5) is 18.0 Å². The molecule has 2 saturated carbocycles.